The number of benzene rings is 1. The second-order valence-corrected chi connectivity index (χ2v) is 3.54. The van der Waals surface area contributed by atoms with Gasteiger partial charge in [-0.15, -0.1) is 0 Å². The number of halogens is 1. The molecular formula is C12H12ClNO3. The van der Waals surface area contributed by atoms with Crippen molar-refractivity contribution >= 4 is 23.2 Å². The van der Waals surface area contributed by atoms with Gasteiger partial charge in [0.15, 0.2) is 0 Å². The summed E-state index contributed by atoms with van der Waals surface area (Å²) in [5, 5.41) is 11.6. The van der Waals surface area contributed by atoms with E-state index in [2.05, 4.69) is 17.2 Å². The number of ether oxygens (including phenoxy) is 1. The van der Waals surface area contributed by atoms with Crippen LogP contribution in [0.25, 0.3) is 0 Å². The zero-order chi connectivity index (χ0) is 12.7. The molecule has 0 aliphatic rings. The first-order valence-electron chi connectivity index (χ1n) is 4.85. The molecule has 1 aromatic carbocycles. The third-order valence-corrected chi connectivity index (χ3v) is 2.16. The molecule has 90 valence electrons. The van der Waals surface area contributed by atoms with Crippen molar-refractivity contribution in [3.8, 4) is 11.8 Å². The number of aliphatic hydroxyl groups is 1. The lowest BCUT2D eigenvalue weighted by atomic mass is 10.2. The smallest absolute Gasteiger partial charge is 0.250 e. The molecular weight excluding hydrogens is 242 g/mol. The molecule has 0 unspecified atom stereocenters. The van der Waals surface area contributed by atoms with Gasteiger partial charge in [-0.05, 0) is 18.2 Å². The second-order valence-electron chi connectivity index (χ2n) is 3.14. The number of carbonyl (C=O) groups is 1. The maximum atomic E-state index is 11.3. The van der Waals surface area contributed by atoms with E-state index >= 15 is 0 Å². The highest BCUT2D eigenvalue weighted by atomic mass is 35.5. The van der Waals surface area contributed by atoms with E-state index in [9.17, 15) is 4.79 Å². The summed E-state index contributed by atoms with van der Waals surface area (Å²) in [6, 6.07) is 4.97. The van der Waals surface area contributed by atoms with Crippen LogP contribution in [0.5, 0.6) is 0 Å². The van der Waals surface area contributed by atoms with Gasteiger partial charge >= 0.3 is 0 Å². The third kappa shape index (κ3) is 4.45. The maximum Gasteiger partial charge on any atom is 0.250 e. The van der Waals surface area contributed by atoms with Crippen molar-refractivity contribution in [3.63, 3.8) is 0 Å². The standard InChI is InChI=1S/C12H12ClNO3/c1-17-8-12(16)14-11-7-9(3-2-6-15)4-5-10(11)13/h4-5,7,15H,6,8H2,1H3,(H,14,16). The lowest BCUT2D eigenvalue weighted by Crippen LogP contribution is -2.17. The number of hydrogen-bond donors (Lipinski definition) is 2. The van der Waals surface area contributed by atoms with Crippen LogP contribution in [0.1, 0.15) is 5.56 Å². The summed E-state index contributed by atoms with van der Waals surface area (Å²) in [6.07, 6.45) is 0. The van der Waals surface area contributed by atoms with Crippen LogP contribution in [-0.4, -0.2) is 31.3 Å². The number of methoxy groups -OCH3 is 1. The van der Waals surface area contributed by atoms with E-state index in [1.165, 1.54) is 7.11 Å². The topological polar surface area (TPSA) is 58.6 Å². The van der Waals surface area contributed by atoms with Crippen molar-refractivity contribution < 1.29 is 14.6 Å². The molecule has 1 rings (SSSR count). The van der Waals surface area contributed by atoms with Gasteiger partial charge in [0.1, 0.15) is 13.2 Å². The number of nitrogens with one attached hydrogen (secondary N) is 1. The minimum atomic E-state index is -0.290. The minimum absolute atomic E-state index is 0.0388. The average Bonchev–Trinajstić information content (AvgIpc) is 2.30. The molecule has 0 heterocycles. The molecule has 0 aliphatic carbocycles. The molecule has 0 atom stereocenters. The highest BCUT2D eigenvalue weighted by Crippen LogP contribution is 2.22. The van der Waals surface area contributed by atoms with Gasteiger partial charge in [0.2, 0.25) is 5.91 Å². The van der Waals surface area contributed by atoms with E-state index in [4.69, 9.17) is 21.4 Å². The zero-order valence-electron chi connectivity index (χ0n) is 9.29. The van der Waals surface area contributed by atoms with Gasteiger partial charge in [-0.2, -0.15) is 0 Å². The number of carbonyl (C=O) groups excluding carboxylic acids is 1. The fourth-order valence-corrected chi connectivity index (χ4v) is 1.32. The van der Waals surface area contributed by atoms with Crippen LogP contribution in [0.3, 0.4) is 0 Å². The molecule has 17 heavy (non-hydrogen) atoms. The Morgan fingerprint density at radius 2 is 2.35 bits per heavy atom. The van der Waals surface area contributed by atoms with Crippen LogP contribution < -0.4 is 5.32 Å². The number of amides is 1. The van der Waals surface area contributed by atoms with Crippen LogP contribution in [0.4, 0.5) is 5.69 Å². The Labute approximate surface area is 105 Å². The number of rotatable bonds is 3. The van der Waals surface area contributed by atoms with Crippen molar-refractivity contribution in [2.45, 2.75) is 0 Å². The SMILES string of the molecule is COCC(=O)Nc1cc(C#CCO)ccc1Cl. The molecule has 1 amide bonds. The number of aliphatic hydroxyl groups excluding tert-OH is 1. The molecule has 0 spiro atoms. The van der Waals surface area contributed by atoms with E-state index in [0.29, 0.717) is 16.3 Å². The quantitative estimate of drug-likeness (QED) is 0.798. The first-order chi connectivity index (χ1) is 8.17. The Morgan fingerprint density at radius 1 is 1.59 bits per heavy atom. The predicted octanol–water partition coefficient (Wildman–Crippen LogP) is 1.27. The highest BCUT2D eigenvalue weighted by Gasteiger charge is 2.05. The summed E-state index contributed by atoms with van der Waals surface area (Å²) < 4.78 is 4.69. The molecule has 0 bridgehead atoms. The summed E-state index contributed by atoms with van der Waals surface area (Å²) in [5.41, 5.74) is 1.13. The minimum Gasteiger partial charge on any atom is -0.384 e. The van der Waals surface area contributed by atoms with Crippen LogP contribution in [0.15, 0.2) is 18.2 Å². The Balaban J connectivity index is 2.86. The lowest BCUT2D eigenvalue weighted by Gasteiger charge is -2.06. The second kappa shape index (κ2) is 6.92. The molecule has 5 heteroatoms. The van der Waals surface area contributed by atoms with Gasteiger partial charge in [-0.3, -0.25) is 4.79 Å². The largest absolute Gasteiger partial charge is 0.384 e. The zero-order valence-corrected chi connectivity index (χ0v) is 10.0. The monoisotopic (exact) mass is 253 g/mol. The van der Waals surface area contributed by atoms with E-state index in [0.717, 1.165) is 0 Å². The summed E-state index contributed by atoms with van der Waals surface area (Å²) in [4.78, 5) is 11.3. The van der Waals surface area contributed by atoms with Gasteiger partial charge in [0, 0.05) is 12.7 Å². The molecule has 0 radical (unpaired) electrons. The Morgan fingerprint density at radius 3 is 3.00 bits per heavy atom. The molecule has 0 saturated heterocycles. The van der Waals surface area contributed by atoms with Crippen molar-refractivity contribution in [3.05, 3.63) is 28.8 Å². The molecule has 4 nitrogen and oxygen atoms in total. The van der Waals surface area contributed by atoms with Gasteiger partial charge in [0.25, 0.3) is 0 Å². The van der Waals surface area contributed by atoms with Crippen molar-refractivity contribution in [1.82, 2.24) is 0 Å². The van der Waals surface area contributed by atoms with Crippen LogP contribution in [0, 0.1) is 11.8 Å². The third-order valence-electron chi connectivity index (χ3n) is 1.83. The van der Waals surface area contributed by atoms with Crippen molar-refractivity contribution in [2.75, 3.05) is 25.6 Å². The number of hydrogen-bond acceptors (Lipinski definition) is 3. The van der Waals surface area contributed by atoms with Gasteiger partial charge in [0.05, 0.1) is 10.7 Å². The summed E-state index contributed by atoms with van der Waals surface area (Å²) in [6.45, 7) is -0.253. The molecule has 1 aromatic rings. The summed E-state index contributed by atoms with van der Waals surface area (Å²) in [5.74, 6) is 4.95. The maximum absolute atomic E-state index is 11.3. The fraction of sp³-hybridized carbons (Fsp3) is 0.250. The van der Waals surface area contributed by atoms with Gasteiger partial charge in [-0.1, -0.05) is 23.4 Å². The van der Waals surface area contributed by atoms with E-state index in [-0.39, 0.29) is 19.1 Å². The first-order valence-corrected chi connectivity index (χ1v) is 5.23. The molecule has 0 saturated carbocycles. The van der Waals surface area contributed by atoms with Crippen LogP contribution in [-0.2, 0) is 9.53 Å². The van der Waals surface area contributed by atoms with E-state index in [1.807, 2.05) is 0 Å². The molecule has 2 N–H and O–H groups in total. The average molecular weight is 254 g/mol. The Bertz CT molecular complexity index is 463. The lowest BCUT2D eigenvalue weighted by molar-refractivity contribution is -0.119. The van der Waals surface area contributed by atoms with Crippen molar-refractivity contribution in [2.24, 2.45) is 0 Å². The van der Waals surface area contributed by atoms with Crippen LogP contribution in [0.2, 0.25) is 5.02 Å². The Kier molecular flexibility index (Phi) is 5.50. The predicted molar refractivity (Wildman–Crippen MR) is 65.9 cm³/mol. The normalized spacial score (nSPS) is 9.35. The number of anilines is 1. The molecule has 0 fully saturated rings. The first kappa shape index (κ1) is 13.5. The van der Waals surface area contributed by atoms with Gasteiger partial charge < -0.3 is 15.2 Å². The van der Waals surface area contributed by atoms with E-state index < -0.39 is 0 Å². The molecule has 0 aromatic heterocycles. The van der Waals surface area contributed by atoms with Crippen LogP contribution >= 0.6 is 11.6 Å². The van der Waals surface area contributed by atoms with E-state index in [1.54, 1.807) is 18.2 Å². The fourth-order valence-electron chi connectivity index (χ4n) is 1.16. The summed E-state index contributed by atoms with van der Waals surface area (Å²) >= 11 is 5.92. The van der Waals surface area contributed by atoms with Gasteiger partial charge in [-0.25, -0.2) is 0 Å². The highest BCUT2D eigenvalue weighted by molar-refractivity contribution is 6.33. The molecule has 0 aliphatic heterocycles. The van der Waals surface area contributed by atoms with Crippen molar-refractivity contribution in [1.29, 1.82) is 0 Å². The Hall–Kier alpha value is -1.54. The summed E-state index contributed by atoms with van der Waals surface area (Å²) in [7, 11) is 1.43.